The molecule has 1 N–H and O–H groups in total. The molecule has 3 aromatic rings. The van der Waals surface area contributed by atoms with E-state index < -0.39 is 17.0 Å². The van der Waals surface area contributed by atoms with Crippen LogP contribution in [0, 0.1) is 6.92 Å². The van der Waals surface area contributed by atoms with E-state index in [1.165, 1.54) is 12.7 Å². The number of hydrogen-bond acceptors (Lipinski definition) is 4. The fourth-order valence-corrected chi connectivity index (χ4v) is 5.63. The van der Waals surface area contributed by atoms with E-state index in [2.05, 4.69) is 17.4 Å². The maximum atomic E-state index is 13.9. The lowest BCUT2D eigenvalue weighted by Gasteiger charge is -2.29. The summed E-state index contributed by atoms with van der Waals surface area (Å²) in [7, 11) is -0.0635. The number of carbonyl (C=O) groups excluding carboxylic acids is 1. The molecule has 0 bridgehead atoms. The second-order valence-electron chi connectivity index (χ2n) is 7.99. The number of benzene rings is 3. The highest BCUT2D eigenvalue weighted by molar-refractivity contribution is 7.82. The van der Waals surface area contributed by atoms with Gasteiger partial charge in [0.15, 0.2) is 0 Å². The zero-order chi connectivity index (χ0) is 22.5. The van der Waals surface area contributed by atoms with E-state index in [0.717, 1.165) is 17.5 Å². The highest BCUT2D eigenvalue weighted by atomic mass is 32.2. The van der Waals surface area contributed by atoms with Gasteiger partial charge in [-0.3, -0.25) is 10.1 Å². The summed E-state index contributed by atoms with van der Waals surface area (Å²) in [6, 6.07) is 26.8. The summed E-state index contributed by atoms with van der Waals surface area (Å²) in [4.78, 5) is 13.5. The Labute approximate surface area is 192 Å². The number of ether oxygens (including phenoxy) is 1. The van der Waals surface area contributed by atoms with E-state index in [0.29, 0.717) is 11.3 Å². The average molecular weight is 449 g/mol. The molecule has 0 saturated carbocycles. The van der Waals surface area contributed by atoms with Crippen molar-refractivity contribution < 1.29 is 13.7 Å². The van der Waals surface area contributed by atoms with Crippen molar-refractivity contribution in [3.8, 4) is 0 Å². The Morgan fingerprint density at radius 2 is 1.59 bits per heavy atom. The minimum atomic E-state index is -1.46. The highest BCUT2D eigenvalue weighted by Gasteiger charge is 2.48. The molecular weight excluding hydrogens is 420 g/mol. The molecule has 32 heavy (non-hydrogen) atoms. The second-order valence-corrected chi connectivity index (χ2v) is 9.39. The van der Waals surface area contributed by atoms with Crippen LogP contribution in [0.2, 0.25) is 0 Å². The average Bonchev–Trinajstić information content (AvgIpc) is 3.23. The summed E-state index contributed by atoms with van der Waals surface area (Å²) in [6.07, 6.45) is 1.06. The van der Waals surface area contributed by atoms with Crippen LogP contribution in [0.5, 0.6) is 0 Å². The zero-order valence-corrected chi connectivity index (χ0v) is 19.1. The lowest BCUT2D eigenvalue weighted by molar-refractivity contribution is -0.143. The van der Waals surface area contributed by atoms with Crippen molar-refractivity contribution in [1.82, 2.24) is 9.62 Å². The van der Waals surface area contributed by atoms with Crippen LogP contribution in [0.1, 0.15) is 29.3 Å². The third-order valence-electron chi connectivity index (χ3n) is 5.86. The highest BCUT2D eigenvalue weighted by Crippen LogP contribution is 2.35. The van der Waals surface area contributed by atoms with Crippen LogP contribution in [-0.4, -0.2) is 33.7 Å². The standard InChI is InChI=1S/C26H28N2O3S/c1-19-13-16-22(17-14-19)32(30)28-23(18-15-20-9-5-3-6-10-20)24(26(29)31-2)27-25(28)21-11-7-4-8-12-21/h3-14,16-17,23-25,27H,15,18H2,1-2H3/t23-,24+,25+,32?/m1/s1. The van der Waals surface area contributed by atoms with Gasteiger partial charge in [0.25, 0.3) is 0 Å². The number of esters is 1. The number of carbonyl (C=O) groups is 1. The Bertz CT molecular complexity index is 1060. The zero-order valence-electron chi connectivity index (χ0n) is 18.3. The molecule has 6 heteroatoms. The predicted octanol–water partition coefficient (Wildman–Crippen LogP) is 4.16. The third kappa shape index (κ3) is 4.83. The number of nitrogens with zero attached hydrogens (tertiary/aromatic N) is 1. The van der Waals surface area contributed by atoms with E-state index in [9.17, 15) is 9.00 Å². The first-order chi connectivity index (χ1) is 15.6. The molecule has 4 atom stereocenters. The molecular formula is C26H28N2O3S. The van der Waals surface area contributed by atoms with Gasteiger partial charge in [-0.05, 0) is 43.0 Å². The van der Waals surface area contributed by atoms with Gasteiger partial charge in [0.1, 0.15) is 17.0 Å². The van der Waals surface area contributed by atoms with Crippen molar-refractivity contribution in [1.29, 1.82) is 0 Å². The van der Waals surface area contributed by atoms with Crippen LogP contribution in [0.25, 0.3) is 0 Å². The lowest BCUT2D eigenvalue weighted by Crippen LogP contribution is -2.43. The first kappa shape index (κ1) is 22.4. The maximum Gasteiger partial charge on any atom is 0.324 e. The SMILES string of the molecule is COC(=O)[C@H]1N[C@H](c2ccccc2)N(S(=O)c2ccc(C)cc2)[C@@H]1CCc1ccccc1. The molecule has 0 aliphatic carbocycles. The molecule has 1 aliphatic rings. The molecule has 1 fully saturated rings. The molecule has 1 unspecified atom stereocenters. The molecule has 166 valence electrons. The molecule has 0 spiro atoms. The maximum absolute atomic E-state index is 13.9. The van der Waals surface area contributed by atoms with Crippen LogP contribution in [0.4, 0.5) is 0 Å². The molecule has 1 heterocycles. The van der Waals surface area contributed by atoms with E-state index in [4.69, 9.17) is 4.74 Å². The third-order valence-corrected chi connectivity index (χ3v) is 7.40. The molecule has 3 aromatic carbocycles. The normalized spacial score (nSPS) is 21.9. The minimum absolute atomic E-state index is 0.296. The van der Waals surface area contributed by atoms with Gasteiger partial charge in [-0.1, -0.05) is 78.4 Å². The molecule has 0 radical (unpaired) electrons. The minimum Gasteiger partial charge on any atom is -0.468 e. The molecule has 1 saturated heterocycles. The van der Waals surface area contributed by atoms with Crippen molar-refractivity contribution in [3.63, 3.8) is 0 Å². The van der Waals surface area contributed by atoms with E-state index >= 15 is 0 Å². The molecule has 1 aliphatic heterocycles. The van der Waals surface area contributed by atoms with E-state index in [1.54, 1.807) is 0 Å². The molecule has 0 amide bonds. The fourth-order valence-electron chi connectivity index (χ4n) is 4.17. The smallest absolute Gasteiger partial charge is 0.324 e. The number of aryl methyl sites for hydroxylation is 2. The van der Waals surface area contributed by atoms with Crippen molar-refractivity contribution in [3.05, 3.63) is 102 Å². The summed E-state index contributed by atoms with van der Waals surface area (Å²) >= 11 is 0. The molecule has 0 aromatic heterocycles. The van der Waals surface area contributed by atoms with Crippen molar-refractivity contribution in [2.45, 2.75) is 42.9 Å². The lowest BCUT2D eigenvalue weighted by atomic mass is 10.0. The predicted molar refractivity (Wildman–Crippen MR) is 126 cm³/mol. The Morgan fingerprint density at radius 3 is 2.22 bits per heavy atom. The van der Waals surface area contributed by atoms with E-state index in [-0.39, 0.29) is 18.2 Å². The Kier molecular flexibility index (Phi) is 7.15. The van der Waals surface area contributed by atoms with Gasteiger partial charge in [0, 0.05) is 0 Å². The van der Waals surface area contributed by atoms with E-state index in [1.807, 2.05) is 84.0 Å². The fraction of sp³-hybridized carbons (Fsp3) is 0.269. The van der Waals surface area contributed by atoms with Crippen molar-refractivity contribution in [2.24, 2.45) is 0 Å². The summed E-state index contributed by atoms with van der Waals surface area (Å²) in [6.45, 7) is 2.01. The quantitative estimate of drug-likeness (QED) is 0.552. The molecule has 5 nitrogen and oxygen atoms in total. The summed E-state index contributed by atoms with van der Waals surface area (Å²) in [5.74, 6) is -0.340. The Hall–Kier alpha value is -2.80. The van der Waals surface area contributed by atoms with Crippen LogP contribution < -0.4 is 5.32 Å². The Morgan fingerprint density at radius 1 is 0.969 bits per heavy atom. The van der Waals surface area contributed by atoms with Crippen LogP contribution >= 0.6 is 0 Å². The topological polar surface area (TPSA) is 58.6 Å². The summed E-state index contributed by atoms with van der Waals surface area (Å²) in [5, 5.41) is 3.41. The monoisotopic (exact) mass is 448 g/mol. The summed E-state index contributed by atoms with van der Waals surface area (Å²) in [5.41, 5.74) is 3.25. The first-order valence-electron chi connectivity index (χ1n) is 10.8. The second kappa shape index (κ2) is 10.2. The number of nitrogens with one attached hydrogen (secondary N) is 1. The van der Waals surface area contributed by atoms with Crippen molar-refractivity contribution >= 4 is 17.0 Å². The van der Waals surface area contributed by atoms with Gasteiger partial charge in [-0.15, -0.1) is 0 Å². The van der Waals surface area contributed by atoms with Gasteiger partial charge in [0.2, 0.25) is 0 Å². The van der Waals surface area contributed by atoms with Gasteiger partial charge in [0.05, 0.1) is 24.2 Å². The van der Waals surface area contributed by atoms with Crippen LogP contribution in [0.15, 0.2) is 89.8 Å². The largest absolute Gasteiger partial charge is 0.468 e. The van der Waals surface area contributed by atoms with Crippen LogP contribution in [0.3, 0.4) is 0 Å². The molecule has 4 rings (SSSR count). The number of rotatable bonds is 7. The van der Waals surface area contributed by atoms with Gasteiger partial charge in [-0.2, -0.15) is 4.31 Å². The number of methoxy groups -OCH3 is 1. The summed E-state index contributed by atoms with van der Waals surface area (Å²) < 4.78 is 20.9. The Balaban J connectivity index is 1.72. The van der Waals surface area contributed by atoms with Gasteiger partial charge in [-0.25, -0.2) is 4.21 Å². The van der Waals surface area contributed by atoms with Crippen molar-refractivity contribution in [2.75, 3.05) is 7.11 Å². The first-order valence-corrected chi connectivity index (χ1v) is 11.9. The number of hydrogen-bond donors (Lipinski definition) is 1. The van der Waals surface area contributed by atoms with Gasteiger partial charge >= 0.3 is 5.97 Å². The van der Waals surface area contributed by atoms with Gasteiger partial charge < -0.3 is 4.74 Å². The van der Waals surface area contributed by atoms with Crippen LogP contribution in [-0.2, 0) is 26.9 Å².